The second-order valence-electron chi connectivity index (χ2n) is 5.17. The molecule has 0 saturated heterocycles. The van der Waals surface area contributed by atoms with Crippen molar-refractivity contribution in [2.45, 2.75) is 25.4 Å². The topological polar surface area (TPSA) is 107 Å². The van der Waals surface area contributed by atoms with Crippen LogP contribution in [0.15, 0.2) is 24.3 Å². The van der Waals surface area contributed by atoms with E-state index in [2.05, 4.69) is 0 Å². The van der Waals surface area contributed by atoms with E-state index in [9.17, 15) is 25.0 Å². The molecule has 0 radical (unpaired) electrons. The van der Waals surface area contributed by atoms with Gasteiger partial charge in [0.15, 0.2) is 0 Å². The molecule has 1 amide bonds. The van der Waals surface area contributed by atoms with Crippen LogP contribution in [-0.2, 0) is 4.79 Å². The van der Waals surface area contributed by atoms with Crippen LogP contribution in [0, 0.1) is 26.1 Å². The van der Waals surface area contributed by atoms with Gasteiger partial charge in [0, 0.05) is 30.5 Å². The Bertz CT molecular complexity index is 603. The van der Waals surface area contributed by atoms with Gasteiger partial charge in [0.1, 0.15) is 5.92 Å². The zero-order valence-corrected chi connectivity index (χ0v) is 11.6. The number of benzene rings is 1. The van der Waals surface area contributed by atoms with Gasteiger partial charge in [-0.05, 0) is 12.5 Å². The van der Waals surface area contributed by atoms with Crippen molar-refractivity contribution in [3.63, 3.8) is 0 Å². The molecule has 3 unspecified atom stereocenters. The molecular weight excluding hydrogens is 278 g/mol. The van der Waals surface area contributed by atoms with Crippen molar-refractivity contribution >= 4 is 11.6 Å². The van der Waals surface area contributed by atoms with E-state index in [0.717, 1.165) is 0 Å². The number of nitro groups is 2. The third kappa shape index (κ3) is 2.99. The van der Waals surface area contributed by atoms with Crippen LogP contribution < -0.4 is 0 Å². The van der Waals surface area contributed by atoms with E-state index in [1.54, 1.807) is 26.1 Å². The molecule has 0 spiro atoms. The normalized spacial score (nSPS) is 21.4. The fourth-order valence-electron chi connectivity index (χ4n) is 2.25. The molecule has 0 aliphatic heterocycles. The maximum Gasteiger partial charge on any atom is 0.269 e. The lowest BCUT2D eigenvalue weighted by atomic mass is 10.1. The van der Waals surface area contributed by atoms with E-state index in [1.165, 1.54) is 17.0 Å². The lowest BCUT2D eigenvalue weighted by Gasteiger charge is -2.25. The van der Waals surface area contributed by atoms with E-state index in [0.29, 0.717) is 5.56 Å². The minimum Gasteiger partial charge on any atom is -0.339 e. The predicted molar refractivity (Wildman–Crippen MR) is 73.2 cm³/mol. The fraction of sp³-hybridized carbons (Fsp3) is 0.462. The zero-order chi connectivity index (χ0) is 15.7. The van der Waals surface area contributed by atoms with Gasteiger partial charge in [-0.15, -0.1) is 0 Å². The molecule has 1 fully saturated rings. The molecule has 21 heavy (non-hydrogen) atoms. The molecule has 8 heteroatoms. The third-order valence-electron chi connectivity index (χ3n) is 3.84. The van der Waals surface area contributed by atoms with Crippen molar-refractivity contribution in [2.75, 3.05) is 7.05 Å². The summed E-state index contributed by atoms with van der Waals surface area (Å²) in [4.78, 5) is 34.0. The summed E-state index contributed by atoms with van der Waals surface area (Å²) in [5, 5.41) is 21.4. The lowest BCUT2D eigenvalue weighted by Crippen LogP contribution is -2.32. The zero-order valence-electron chi connectivity index (χ0n) is 11.6. The van der Waals surface area contributed by atoms with Gasteiger partial charge < -0.3 is 4.90 Å². The number of carbonyl (C=O) groups is 1. The van der Waals surface area contributed by atoms with Crippen LogP contribution in [-0.4, -0.2) is 33.7 Å². The minimum absolute atomic E-state index is 0.0465. The molecule has 0 bridgehead atoms. The number of amides is 1. The Morgan fingerprint density at radius 3 is 2.57 bits per heavy atom. The smallest absolute Gasteiger partial charge is 0.269 e. The number of carbonyl (C=O) groups excluding carboxylic acids is 1. The monoisotopic (exact) mass is 293 g/mol. The molecule has 2 rings (SSSR count). The van der Waals surface area contributed by atoms with E-state index >= 15 is 0 Å². The van der Waals surface area contributed by atoms with Crippen LogP contribution in [0.1, 0.15) is 24.9 Å². The Labute approximate surface area is 120 Å². The van der Waals surface area contributed by atoms with Crippen molar-refractivity contribution in [2.24, 2.45) is 5.92 Å². The molecule has 8 nitrogen and oxygen atoms in total. The highest BCUT2D eigenvalue weighted by Crippen LogP contribution is 2.36. The fourth-order valence-corrected chi connectivity index (χ4v) is 2.25. The summed E-state index contributed by atoms with van der Waals surface area (Å²) >= 11 is 0. The maximum absolute atomic E-state index is 12.1. The molecule has 0 N–H and O–H groups in total. The van der Waals surface area contributed by atoms with E-state index < -0.39 is 21.8 Å². The van der Waals surface area contributed by atoms with Crippen LogP contribution in [0.25, 0.3) is 0 Å². The van der Waals surface area contributed by atoms with Gasteiger partial charge in [-0.3, -0.25) is 25.0 Å². The lowest BCUT2D eigenvalue weighted by molar-refractivity contribution is -0.497. The Morgan fingerprint density at radius 2 is 2.05 bits per heavy atom. The Kier molecular flexibility index (Phi) is 3.88. The molecule has 0 heterocycles. The van der Waals surface area contributed by atoms with Gasteiger partial charge in [-0.25, -0.2) is 0 Å². The molecule has 3 atom stereocenters. The van der Waals surface area contributed by atoms with Gasteiger partial charge in [-0.2, -0.15) is 0 Å². The number of nitrogens with zero attached hydrogens (tertiary/aromatic N) is 3. The van der Waals surface area contributed by atoms with Crippen molar-refractivity contribution in [3.05, 3.63) is 50.1 Å². The number of rotatable bonds is 5. The highest BCUT2D eigenvalue weighted by molar-refractivity contribution is 5.82. The van der Waals surface area contributed by atoms with Crippen molar-refractivity contribution < 1.29 is 14.6 Å². The Hall–Kier alpha value is -2.51. The molecule has 1 aromatic rings. The highest BCUT2D eigenvalue weighted by Gasteiger charge is 2.54. The van der Waals surface area contributed by atoms with Gasteiger partial charge in [-0.1, -0.05) is 12.1 Å². The van der Waals surface area contributed by atoms with Gasteiger partial charge in [0.2, 0.25) is 11.9 Å². The van der Waals surface area contributed by atoms with Crippen LogP contribution >= 0.6 is 0 Å². The quantitative estimate of drug-likeness (QED) is 0.607. The second kappa shape index (κ2) is 5.47. The first-order valence-corrected chi connectivity index (χ1v) is 6.47. The molecule has 1 saturated carbocycles. The van der Waals surface area contributed by atoms with Crippen LogP contribution in [0.2, 0.25) is 0 Å². The largest absolute Gasteiger partial charge is 0.339 e. The van der Waals surface area contributed by atoms with Crippen LogP contribution in [0.4, 0.5) is 5.69 Å². The maximum atomic E-state index is 12.1. The summed E-state index contributed by atoms with van der Waals surface area (Å²) in [5.74, 6) is -0.873. The standard InChI is InChI=1S/C13H15N3O5/c1-8(9-4-3-5-10(6-9)15(18)19)14(2)13(17)11-7-12(11)16(20)21/h3-6,8,11-12H,7H2,1-2H3. The molecule has 1 aromatic carbocycles. The first-order valence-electron chi connectivity index (χ1n) is 6.47. The van der Waals surface area contributed by atoms with E-state index in [1.807, 2.05) is 0 Å². The number of hydrogen-bond acceptors (Lipinski definition) is 5. The molecule has 112 valence electrons. The summed E-state index contributed by atoms with van der Waals surface area (Å²) in [7, 11) is 1.56. The SMILES string of the molecule is CC(c1cccc([N+](=O)[O-])c1)N(C)C(=O)C1CC1[N+](=O)[O-]. The minimum atomic E-state index is -0.794. The van der Waals surface area contributed by atoms with Crippen molar-refractivity contribution in [1.29, 1.82) is 0 Å². The van der Waals surface area contributed by atoms with E-state index in [4.69, 9.17) is 0 Å². The Morgan fingerprint density at radius 1 is 1.38 bits per heavy atom. The number of nitro benzene ring substituents is 1. The molecule has 1 aliphatic carbocycles. The molecular formula is C13H15N3O5. The van der Waals surface area contributed by atoms with Crippen LogP contribution in [0.5, 0.6) is 0 Å². The number of non-ortho nitro benzene ring substituents is 1. The Balaban J connectivity index is 2.11. The molecule has 0 aromatic heterocycles. The van der Waals surface area contributed by atoms with Gasteiger partial charge in [0.05, 0.1) is 11.0 Å². The summed E-state index contributed by atoms with van der Waals surface area (Å²) < 4.78 is 0. The third-order valence-corrected chi connectivity index (χ3v) is 3.84. The predicted octanol–water partition coefficient (Wildman–Crippen LogP) is 1.78. The van der Waals surface area contributed by atoms with Crippen molar-refractivity contribution in [1.82, 2.24) is 4.90 Å². The molecule has 1 aliphatic rings. The first-order chi connectivity index (χ1) is 9.82. The summed E-state index contributed by atoms with van der Waals surface area (Å²) in [6, 6.07) is 4.86. The summed E-state index contributed by atoms with van der Waals surface area (Å²) in [5.41, 5.74) is 0.577. The number of hydrogen-bond donors (Lipinski definition) is 0. The average molecular weight is 293 g/mol. The van der Waals surface area contributed by atoms with Gasteiger partial charge >= 0.3 is 0 Å². The van der Waals surface area contributed by atoms with Crippen molar-refractivity contribution in [3.8, 4) is 0 Å². The summed E-state index contributed by atoms with van der Waals surface area (Å²) in [6.07, 6.45) is 0.262. The average Bonchev–Trinajstić information content (AvgIpc) is 3.25. The summed E-state index contributed by atoms with van der Waals surface area (Å²) in [6.45, 7) is 1.74. The van der Waals surface area contributed by atoms with Gasteiger partial charge in [0.25, 0.3) is 5.69 Å². The first kappa shape index (κ1) is 14.9. The highest BCUT2D eigenvalue weighted by atomic mass is 16.6. The van der Waals surface area contributed by atoms with Crippen LogP contribution in [0.3, 0.4) is 0 Å². The second-order valence-corrected chi connectivity index (χ2v) is 5.17. The van der Waals surface area contributed by atoms with E-state index in [-0.39, 0.29) is 24.1 Å².